The number of nitrogens with one attached hydrogen (secondary N) is 1. The van der Waals surface area contributed by atoms with E-state index in [0.717, 1.165) is 19.3 Å². The lowest BCUT2D eigenvalue weighted by Crippen LogP contribution is -2.19. The molecule has 0 saturated carbocycles. The number of nitrogens with zero attached hydrogens (tertiary/aromatic N) is 1. The van der Waals surface area contributed by atoms with Crippen LogP contribution in [0.5, 0.6) is 5.75 Å². The fraction of sp³-hybridized carbons (Fsp3) is 0.294. The molecule has 0 amide bonds. The van der Waals surface area contributed by atoms with Crippen LogP contribution >= 0.6 is 11.6 Å². The molecule has 1 aromatic rings. The Labute approximate surface area is 140 Å². The number of phenolic OH excluding ortho intramolecular Hbond substituents is 1. The maximum absolute atomic E-state index is 9.38. The van der Waals surface area contributed by atoms with Crippen molar-refractivity contribution in [3.63, 3.8) is 0 Å². The summed E-state index contributed by atoms with van der Waals surface area (Å²) in [5, 5.41) is 17.6. The SMILES string of the molecule is CCCCCOC1=CC(=Nc2ccc(O)cc2Cl)C(N)=CC1=N. The third-order valence-electron chi connectivity index (χ3n) is 3.31. The Balaban J connectivity index is 2.21. The summed E-state index contributed by atoms with van der Waals surface area (Å²) < 4.78 is 5.65. The Bertz CT molecular complexity index is 693. The number of benzene rings is 1. The number of unbranched alkanes of at least 4 members (excludes halogenated alkanes) is 2. The fourth-order valence-corrected chi connectivity index (χ4v) is 2.27. The number of nitrogens with two attached hydrogens (primary N) is 1. The third-order valence-corrected chi connectivity index (χ3v) is 3.61. The van der Waals surface area contributed by atoms with Gasteiger partial charge >= 0.3 is 0 Å². The normalized spacial score (nSPS) is 16.3. The van der Waals surface area contributed by atoms with Gasteiger partial charge in [0.05, 0.1) is 34.4 Å². The summed E-state index contributed by atoms with van der Waals surface area (Å²) in [6.45, 7) is 2.68. The standard InChI is InChI=1S/C17H20ClN3O2/c1-2-3-4-7-23-17-10-16(13(19)9-14(17)20)21-15-6-5-11(22)8-12(15)18/h5-6,8-10,20,22H,2-4,7,19H2,1H3. The number of phenols is 1. The largest absolute Gasteiger partial charge is 0.508 e. The third kappa shape index (κ3) is 4.60. The second-order valence-corrected chi connectivity index (χ2v) is 5.62. The first-order valence-electron chi connectivity index (χ1n) is 7.49. The first-order valence-corrected chi connectivity index (χ1v) is 7.87. The Morgan fingerprint density at radius 1 is 1.30 bits per heavy atom. The maximum atomic E-state index is 9.38. The molecule has 0 heterocycles. The topological polar surface area (TPSA) is 91.7 Å². The molecule has 1 aromatic carbocycles. The Kier molecular flexibility index (Phi) is 5.82. The molecular weight excluding hydrogens is 314 g/mol. The summed E-state index contributed by atoms with van der Waals surface area (Å²) in [4.78, 5) is 4.40. The van der Waals surface area contributed by atoms with E-state index in [1.54, 1.807) is 12.1 Å². The first kappa shape index (κ1) is 17.1. The fourth-order valence-electron chi connectivity index (χ4n) is 2.05. The predicted octanol–water partition coefficient (Wildman–Crippen LogP) is 4.08. The van der Waals surface area contributed by atoms with Gasteiger partial charge in [-0.3, -0.25) is 5.41 Å². The van der Waals surface area contributed by atoms with Gasteiger partial charge in [0.15, 0.2) is 0 Å². The molecule has 0 aliphatic heterocycles. The zero-order valence-electron chi connectivity index (χ0n) is 13.0. The lowest BCUT2D eigenvalue weighted by atomic mass is 10.1. The van der Waals surface area contributed by atoms with Crippen LogP contribution in [0.25, 0.3) is 0 Å². The highest BCUT2D eigenvalue weighted by Crippen LogP contribution is 2.29. The number of rotatable bonds is 6. The van der Waals surface area contributed by atoms with Crippen molar-refractivity contribution in [3.8, 4) is 5.75 Å². The van der Waals surface area contributed by atoms with Gasteiger partial charge in [-0.2, -0.15) is 0 Å². The quantitative estimate of drug-likeness (QED) is 0.541. The molecule has 122 valence electrons. The lowest BCUT2D eigenvalue weighted by Gasteiger charge is -2.15. The van der Waals surface area contributed by atoms with Crippen LogP contribution in [0.4, 0.5) is 5.69 Å². The molecule has 1 aliphatic carbocycles. The molecule has 1 aliphatic rings. The number of aromatic hydroxyl groups is 1. The van der Waals surface area contributed by atoms with E-state index in [4.69, 9.17) is 27.5 Å². The molecule has 0 saturated heterocycles. The molecule has 4 N–H and O–H groups in total. The minimum absolute atomic E-state index is 0.0726. The van der Waals surface area contributed by atoms with Gasteiger partial charge in [-0.1, -0.05) is 31.4 Å². The van der Waals surface area contributed by atoms with Crippen LogP contribution < -0.4 is 5.73 Å². The Hall–Kier alpha value is -2.27. The van der Waals surface area contributed by atoms with Crippen molar-refractivity contribution in [2.45, 2.75) is 26.2 Å². The van der Waals surface area contributed by atoms with Crippen LogP contribution in [0, 0.1) is 5.41 Å². The van der Waals surface area contributed by atoms with E-state index in [0.29, 0.717) is 34.5 Å². The highest BCUT2D eigenvalue weighted by atomic mass is 35.5. The first-order chi connectivity index (χ1) is 11.0. The number of halogens is 1. The van der Waals surface area contributed by atoms with Crippen LogP contribution in [-0.2, 0) is 4.74 Å². The van der Waals surface area contributed by atoms with Gasteiger partial charge in [0, 0.05) is 12.1 Å². The van der Waals surface area contributed by atoms with Crippen molar-refractivity contribution >= 4 is 28.7 Å². The summed E-state index contributed by atoms with van der Waals surface area (Å²) >= 11 is 6.06. The molecule has 0 fully saturated rings. The molecule has 0 atom stereocenters. The second-order valence-electron chi connectivity index (χ2n) is 5.21. The van der Waals surface area contributed by atoms with E-state index in [1.165, 1.54) is 18.2 Å². The molecule has 0 unspecified atom stereocenters. The van der Waals surface area contributed by atoms with E-state index in [1.807, 2.05) is 0 Å². The van der Waals surface area contributed by atoms with Crippen molar-refractivity contribution in [2.75, 3.05) is 6.61 Å². The van der Waals surface area contributed by atoms with Gasteiger partial charge < -0.3 is 15.6 Å². The lowest BCUT2D eigenvalue weighted by molar-refractivity contribution is 0.224. The molecule has 0 radical (unpaired) electrons. The minimum Gasteiger partial charge on any atom is -0.508 e. The summed E-state index contributed by atoms with van der Waals surface area (Å²) in [6.07, 6.45) is 6.30. The molecular formula is C17H20ClN3O2. The number of hydrogen-bond acceptors (Lipinski definition) is 5. The van der Waals surface area contributed by atoms with Gasteiger partial charge in [0.2, 0.25) is 0 Å². The monoisotopic (exact) mass is 333 g/mol. The van der Waals surface area contributed by atoms with Gasteiger partial charge in [-0.15, -0.1) is 0 Å². The number of ether oxygens (including phenoxy) is 1. The van der Waals surface area contributed by atoms with Crippen molar-refractivity contribution in [1.82, 2.24) is 0 Å². The smallest absolute Gasteiger partial charge is 0.146 e. The minimum atomic E-state index is 0.0726. The molecule has 5 nitrogen and oxygen atoms in total. The summed E-state index contributed by atoms with van der Waals surface area (Å²) in [5.74, 6) is 0.521. The van der Waals surface area contributed by atoms with Gasteiger partial charge in [-0.25, -0.2) is 4.99 Å². The highest BCUT2D eigenvalue weighted by Gasteiger charge is 2.16. The van der Waals surface area contributed by atoms with Crippen molar-refractivity contribution in [2.24, 2.45) is 10.7 Å². The number of hydrogen-bond donors (Lipinski definition) is 3. The van der Waals surface area contributed by atoms with E-state index in [2.05, 4.69) is 11.9 Å². The van der Waals surface area contributed by atoms with Crippen LogP contribution in [0.3, 0.4) is 0 Å². The van der Waals surface area contributed by atoms with E-state index in [9.17, 15) is 5.11 Å². The predicted molar refractivity (Wildman–Crippen MR) is 93.8 cm³/mol. The summed E-state index contributed by atoms with van der Waals surface area (Å²) in [7, 11) is 0. The molecule has 23 heavy (non-hydrogen) atoms. The van der Waals surface area contributed by atoms with Gasteiger partial charge in [-0.05, 0) is 24.6 Å². The van der Waals surface area contributed by atoms with Crippen molar-refractivity contribution in [3.05, 3.63) is 46.8 Å². The van der Waals surface area contributed by atoms with Gasteiger partial charge in [0.25, 0.3) is 0 Å². The Morgan fingerprint density at radius 3 is 2.78 bits per heavy atom. The molecule has 0 spiro atoms. The Morgan fingerprint density at radius 2 is 2.09 bits per heavy atom. The van der Waals surface area contributed by atoms with Crippen molar-refractivity contribution in [1.29, 1.82) is 5.41 Å². The average molecular weight is 334 g/mol. The molecule has 2 rings (SSSR count). The second kappa shape index (κ2) is 7.83. The zero-order valence-corrected chi connectivity index (χ0v) is 13.7. The zero-order chi connectivity index (χ0) is 16.8. The van der Waals surface area contributed by atoms with Crippen LogP contribution in [0.15, 0.2) is 46.8 Å². The van der Waals surface area contributed by atoms with E-state index >= 15 is 0 Å². The van der Waals surface area contributed by atoms with Gasteiger partial charge in [0.1, 0.15) is 11.5 Å². The van der Waals surface area contributed by atoms with E-state index < -0.39 is 0 Å². The maximum Gasteiger partial charge on any atom is 0.146 e. The number of aliphatic imine (C=N–C) groups is 1. The van der Waals surface area contributed by atoms with Crippen molar-refractivity contribution < 1.29 is 9.84 Å². The summed E-state index contributed by atoms with van der Waals surface area (Å²) in [5.41, 5.74) is 7.52. The van der Waals surface area contributed by atoms with Crippen LogP contribution in [-0.4, -0.2) is 23.1 Å². The van der Waals surface area contributed by atoms with Crippen LogP contribution in [0.2, 0.25) is 5.02 Å². The number of allylic oxidation sites excluding steroid dienone is 2. The average Bonchev–Trinajstić information content (AvgIpc) is 2.50. The summed E-state index contributed by atoms with van der Waals surface area (Å²) in [6, 6.07) is 4.52. The molecule has 0 bridgehead atoms. The highest BCUT2D eigenvalue weighted by molar-refractivity contribution is 6.33. The van der Waals surface area contributed by atoms with Crippen LogP contribution in [0.1, 0.15) is 26.2 Å². The molecule has 0 aromatic heterocycles. The molecule has 6 heteroatoms. The van der Waals surface area contributed by atoms with E-state index in [-0.39, 0.29) is 11.5 Å².